The Kier molecular flexibility index (Phi) is 6.29. The highest BCUT2D eigenvalue weighted by Crippen LogP contribution is 2.34. The van der Waals surface area contributed by atoms with Gasteiger partial charge in [0.2, 0.25) is 5.91 Å². The number of hydrogen-bond acceptors (Lipinski definition) is 3. The SMILES string of the molecule is C[C@H](c1cc(F)cc(F)c1)N(C(=O)c1cc(F)ccc1N)[C@@H](C(N)=O)c1ccccc1. The summed E-state index contributed by atoms with van der Waals surface area (Å²) in [7, 11) is 0. The average molecular weight is 427 g/mol. The molecule has 3 aromatic rings. The first kappa shape index (κ1) is 21.9. The van der Waals surface area contributed by atoms with Crippen molar-refractivity contribution in [3.05, 3.63) is 101 Å². The Hall–Kier alpha value is -3.81. The fourth-order valence-electron chi connectivity index (χ4n) is 3.44. The van der Waals surface area contributed by atoms with Crippen molar-refractivity contribution < 1.29 is 22.8 Å². The summed E-state index contributed by atoms with van der Waals surface area (Å²) in [6.07, 6.45) is 0. The van der Waals surface area contributed by atoms with Crippen molar-refractivity contribution in [2.75, 3.05) is 5.73 Å². The van der Waals surface area contributed by atoms with Gasteiger partial charge in [0.1, 0.15) is 23.5 Å². The van der Waals surface area contributed by atoms with Gasteiger partial charge in [-0.1, -0.05) is 30.3 Å². The Morgan fingerprint density at radius 1 is 0.839 bits per heavy atom. The standard InChI is InChI=1S/C23H20F3N3O2/c1-13(15-9-17(25)11-18(26)10-15)29(21(22(28)30)14-5-3-2-4-6-14)23(31)19-12-16(24)7-8-20(19)27/h2-13,21H,27H2,1H3,(H2,28,30)/t13-,21-/m1/s1. The van der Waals surface area contributed by atoms with Gasteiger partial charge in [0.15, 0.2) is 0 Å². The van der Waals surface area contributed by atoms with Crippen LogP contribution in [0.25, 0.3) is 0 Å². The molecule has 3 rings (SSSR count). The molecule has 2 amide bonds. The van der Waals surface area contributed by atoms with Crippen LogP contribution in [-0.2, 0) is 4.79 Å². The molecule has 3 aromatic carbocycles. The van der Waals surface area contributed by atoms with E-state index in [0.29, 0.717) is 11.6 Å². The second kappa shape index (κ2) is 8.91. The lowest BCUT2D eigenvalue weighted by Gasteiger charge is -2.36. The number of rotatable bonds is 6. The monoisotopic (exact) mass is 427 g/mol. The summed E-state index contributed by atoms with van der Waals surface area (Å²) in [6.45, 7) is 1.49. The highest BCUT2D eigenvalue weighted by molar-refractivity contribution is 6.01. The number of nitrogen functional groups attached to an aromatic ring is 1. The van der Waals surface area contributed by atoms with Crippen molar-refractivity contribution in [2.45, 2.75) is 19.0 Å². The third-order valence-electron chi connectivity index (χ3n) is 4.93. The van der Waals surface area contributed by atoms with Gasteiger partial charge in [-0.3, -0.25) is 9.59 Å². The second-order valence-corrected chi connectivity index (χ2v) is 7.04. The minimum absolute atomic E-state index is 0.0229. The lowest BCUT2D eigenvalue weighted by molar-refractivity contribution is -0.123. The first-order valence-corrected chi connectivity index (χ1v) is 9.37. The predicted molar refractivity (Wildman–Crippen MR) is 110 cm³/mol. The largest absolute Gasteiger partial charge is 0.398 e. The van der Waals surface area contributed by atoms with Crippen molar-refractivity contribution in [3.63, 3.8) is 0 Å². The number of nitrogens with zero attached hydrogens (tertiary/aromatic N) is 1. The van der Waals surface area contributed by atoms with Gasteiger partial charge in [0, 0.05) is 11.8 Å². The van der Waals surface area contributed by atoms with Gasteiger partial charge in [-0.25, -0.2) is 13.2 Å². The number of carbonyl (C=O) groups is 2. The van der Waals surface area contributed by atoms with Gasteiger partial charge in [0.05, 0.1) is 11.6 Å². The van der Waals surface area contributed by atoms with Crippen molar-refractivity contribution in [2.24, 2.45) is 5.73 Å². The van der Waals surface area contributed by atoms with Crippen LogP contribution < -0.4 is 11.5 Å². The summed E-state index contributed by atoms with van der Waals surface area (Å²) in [5.41, 5.74) is 11.8. The van der Waals surface area contributed by atoms with Crippen LogP contribution in [0.15, 0.2) is 66.7 Å². The summed E-state index contributed by atoms with van der Waals surface area (Å²) in [5.74, 6) is -4.11. The highest BCUT2D eigenvalue weighted by Gasteiger charge is 2.35. The predicted octanol–water partition coefficient (Wildman–Crippen LogP) is 4.12. The molecule has 31 heavy (non-hydrogen) atoms. The summed E-state index contributed by atoms with van der Waals surface area (Å²) >= 11 is 0. The van der Waals surface area contributed by atoms with E-state index in [-0.39, 0.29) is 16.8 Å². The number of halogens is 3. The molecule has 0 fully saturated rings. The molecule has 5 nitrogen and oxygen atoms in total. The molecular formula is C23H20F3N3O2. The summed E-state index contributed by atoms with van der Waals surface area (Å²) in [5, 5.41) is 0. The highest BCUT2D eigenvalue weighted by atomic mass is 19.1. The Bertz CT molecular complexity index is 1100. The molecule has 2 atom stereocenters. The molecule has 0 heterocycles. The van der Waals surface area contributed by atoms with Crippen molar-refractivity contribution in [3.8, 4) is 0 Å². The van der Waals surface area contributed by atoms with Crippen LogP contribution in [0.5, 0.6) is 0 Å². The van der Waals surface area contributed by atoms with Crippen LogP contribution in [0.4, 0.5) is 18.9 Å². The molecule has 0 aliphatic rings. The smallest absolute Gasteiger partial charge is 0.257 e. The zero-order chi connectivity index (χ0) is 22.7. The molecule has 0 aromatic heterocycles. The van der Waals surface area contributed by atoms with E-state index in [4.69, 9.17) is 11.5 Å². The van der Waals surface area contributed by atoms with E-state index in [1.807, 2.05) is 0 Å². The Morgan fingerprint density at radius 2 is 1.45 bits per heavy atom. The number of hydrogen-bond donors (Lipinski definition) is 2. The maximum Gasteiger partial charge on any atom is 0.257 e. The number of primary amides is 1. The molecular weight excluding hydrogens is 407 g/mol. The zero-order valence-corrected chi connectivity index (χ0v) is 16.6. The van der Waals surface area contributed by atoms with E-state index in [2.05, 4.69) is 0 Å². The molecule has 0 aliphatic carbocycles. The Labute approximate surface area is 177 Å². The minimum Gasteiger partial charge on any atom is -0.398 e. The molecule has 8 heteroatoms. The van der Waals surface area contributed by atoms with E-state index in [1.165, 1.54) is 13.0 Å². The number of carbonyl (C=O) groups excluding carboxylic acids is 2. The van der Waals surface area contributed by atoms with E-state index in [1.54, 1.807) is 30.3 Å². The molecule has 0 radical (unpaired) electrons. The fourth-order valence-corrected chi connectivity index (χ4v) is 3.44. The summed E-state index contributed by atoms with van der Waals surface area (Å²) in [4.78, 5) is 27.0. The van der Waals surface area contributed by atoms with Crippen LogP contribution in [0.2, 0.25) is 0 Å². The quantitative estimate of drug-likeness (QED) is 0.580. The fraction of sp³-hybridized carbons (Fsp3) is 0.130. The molecule has 0 unspecified atom stereocenters. The normalized spacial score (nSPS) is 12.8. The molecule has 4 N–H and O–H groups in total. The van der Waals surface area contributed by atoms with Crippen LogP contribution in [0, 0.1) is 17.5 Å². The molecule has 0 aliphatic heterocycles. The number of nitrogens with two attached hydrogens (primary N) is 2. The number of benzene rings is 3. The van der Waals surface area contributed by atoms with Gasteiger partial charge in [-0.05, 0) is 48.4 Å². The topological polar surface area (TPSA) is 89.4 Å². The Morgan fingerprint density at radius 3 is 2.03 bits per heavy atom. The van der Waals surface area contributed by atoms with Crippen LogP contribution >= 0.6 is 0 Å². The van der Waals surface area contributed by atoms with Crippen molar-refractivity contribution in [1.29, 1.82) is 0 Å². The van der Waals surface area contributed by atoms with E-state index < -0.39 is 41.3 Å². The van der Waals surface area contributed by atoms with Crippen LogP contribution in [0.1, 0.15) is 40.5 Å². The van der Waals surface area contributed by atoms with Gasteiger partial charge in [-0.15, -0.1) is 0 Å². The molecule has 0 saturated carbocycles. The number of anilines is 1. The zero-order valence-electron chi connectivity index (χ0n) is 16.6. The maximum atomic E-state index is 13.9. The molecule has 0 spiro atoms. The minimum atomic E-state index is -1.31. The summed E-state index contributed by atoms with van der Waals surface area (Å²) < 4.78 is 41.6. The lowest BCUT2D eigenvalue weighted by Crippen LogP contribution is -2.43. The Balaban J connectivity index is 2.20. The molecule has 0 bridgehead atoms. The van der Waals surface area contributed by atoms with Crippen molar-refractivity contribution >= 4 is 17.5 Å². The first-order valence-electron chi connectivity index (χ1n) is 9.37. The molecule has 160 valence electrons. The van der Waals surface area contributed by atoms with Gasteiger partial charge in [0.25, 0.3) is 5.91 Å². The second-order valence-electron chi connectivity index (χ2n) is 7.04. The average Bonchev–Trinajstić information content (AvgIpc) is 2.72. The van der Waals surface area contributed by atoms with Crippen molar-refractivity contribution in [1.82, 2.24) is 4.90 Å². The van der Waals surface area contributed by atoms with E-state index >= 15 is 0 Å². The maximum absolute atomic E-state index is 13.9. The van der Waals surface area contributed by atoms with Gasteiger partial charge in [-0.2, -0.15) is 0 Å². The van der Waals surface area contributed by atoms with Crippen LogP contribution in [-0.4, -0.2) is 16.7 Å². The molecule has 0 saturated heterocycles. The summed E-state index contributed by atoms with van der Waals surface area (Å²) in [6, 6.07) is 11.9. The third-order valence-corrected chi connectivity index (χ3v) is 4.93. The number of amides is 2. The van der Waals surface area contributed by atoms with Crippen LogP contribution in [0.3, 0.4) is 0 Å². The van der Waals surface area contributed by atoms with Gasteiger partial charge < -0.3 is 16.4 Å². The van der Waals surface area contributed by atoms with Gasteiger partial charge >= 0.3 is 0 Å². The lowest BCUT2D eigenvalue weighted by atomic mass is 9.97. The third kappa shape index (κ3) is 4.69. The first-order chi connectivity index (χ1) is 14.7. The van der Waals surface area contributed by atoms with E-state index in [9.17, 15) is 22.8 Å². The van der Waals surface area contributed by atoms with E-state index in [0.717, 1.165) is 29.2 Å².